The summed E-state index contributed by atoms with van der Waals surface area (Å²) in [6.45, 7) is 0.0259. The normalized spacial score (nSPS) is 11.7. The van der Waals surface area contributed by atoms with E-state index in [2.05, 4.69) is 9.97 Å². The highest BCUT2D eigenvalue weighted by atomic mass is 19.4. The molecule has 0 bridgehead atoms. The van der Waals surface area contributed by atoms with E-state index < -0.39 is 28.9 Å². The van der Waals surface area contributed by atoms with Crippen LogP contribution in [0.1, 0.15) is 11.3 Å². The third-order valence-corrected chi connectivity index (χ3v) is 4.43. The van der Waals surface area contributed by atoms with E-state index in [9.17, 15) is 27.2 Å². The van der Waals surface area contributed by atoms with Crippen LogP contribution in [0.15, 0.2) is 70.5 Å². The zero-order valence-corrected chi connectivity index (χ0v) is 15.1. The average molecular weight is 416 g/mol. The summed E-state index contributed by atoms with van der Waals surface area (Å²) in [5.74, 6) is -0.725. The van der Waals surface area contributed by atoms with Crippen LogP contribution in [0.25, 0.3) is 17.1 Å². The fourth-order valence-electron chi connectivity index (χ4n) is 3.04. The van der Waals surface area contributed by atoms with Crippen molar-refractivity contribution in [2.45, 2.75) is 12.7 Å². The van der Waals surface area contributed by atoms with E-state index in [1.165, 1.54) is 47.2 Å². The van der Waals surface area contributed by atoms with E-state index in [0.717, 1.165) is 18.3 Å². The van der Waals surface area contributed by atoms with Crippen molar-refractivity contribution in [3.63, 3.8) is 0 Å². The number of para-hydroxylation sites is 1. The molecule has 2 aromatic rings. The van der Waals surface area contributed by atoms with Crippen molar-refractivity contribution in [1.82, 2.24) is 19.1 Å². The lowest BCUT2D eigenvalue weighted by Gasteiger charge is -2.15. The van der Waals surface area contributed by atoms with Gasteiger partial charge in [-0.15, -0.1) is 0 Å². The third kappa shape index (κ3) is 3.47. The van der Waals surface area contributed by atoms with Gasteiger partial charge in [0.2, 0.25) is 0 Å². The standard InChI is InChI=1S/C20H12F4N4O2/c21-14-5-1-2-6-15(14)28-18(29)13-4-3-9-27(17(13)26-19(28)30)11-12-7-8-16(25-10-12)20(22,23)24/h1-10H,11H2. The Morgan fingerprint density at radius 1 is 0.967 bits per heavy atom. The molecule has 0 saturated heterocycles. The molecule has 152 valence electrons. The SMILES string of the molecule is O=c1nc2n(Cc3ccc(C(F)(F)F)nc3)cccc-2c(=O)n1-c1ccccc1F. The fourth-order valence-corrected chi connectivity index (χ4v) is 3.04. The number of hydrogen-bond acceptors (Lipinski definition) is 4. The summed E-state index contributed by atoms with van der Waals surface area (Å²) in [4.78, 5) is 32.7. The molecule has 3 heterocycles. The molecule has 0 radical (unpaired) electrons. The van der Waals surface area contributed by atoms with Crippen LogP contribution in [0.4, 0.5) is 17.6 Å². The smallest absolute Gasteiger partial charge is 0.328 e. The second kappa shape index (κ2) is 7.21. The predicted molar refractivity (Wildman–Crippen MR) is 99.0 cm³/mol. The Morgan fingerprint density at radius 2 is 1.73 bits per heavy atom. The van der Waals surface area contributed by atoms with Gasteiger partial charge in [0.25, 0.3) is 5.56 Å². The van der Waals surface area contributed by atoms with Crippen LogP contribution in [0.3, 0.4) is 0 Å². The minimum absolute atomic E-state index is 0.0259. The molecule has 0 atom stereocenters. The van der Waals surface area contributed by atoms with Gasteiger partial charge in [-0.3, -0.25) is 9.78 Å². The molecule has 0 spiro atoms. The summed E-state index contributed by atoms with van der Waals surface area (Å²) in [6, 6.07) is 10.4. The van der Waals surface area contributed by atoms with E-state index in [1.54, 1.807) is 0 Å². The molecule has 0 N–H and O–H groups in total. The lowest BCUT2D eigenvalue weighted by molar-refractivity contribution is -0.141. The van der Waals surface area contributed by atoms with Gasteiger partial charge in [-0.05, 0) is 35.9 Å². The second-order valence-electron chi connectivity index (χ2n) is 6.41. The summed E-state index contributed by atoms with van der Waals surface area (Å²) >= 11 is 0. The molecule has 1 aromatic heterocycles. The Bertz CT molecular complexity index is 1310. The fraction of sp³-hybridized carbons (Fsp3) is 0.100. The zero-order valence-electron chi connectivity index (χ0n) is 15.1. The summed E-state index contributed by atoms with van der Waals surface area (Å²) < 4.78 is 54.2. The van der Waals surface area contributed by atoms with Gasteiger partial charge in [-0.1, -0.05) is 18.2 Å². The van der Waals surface area contributed by atoms with Crippen LogP contribution < -0.4 is 11.2 Å². The molecule has 2 aliphatic heterocycles. The van der Waals surface area contributed by atoms with Crippen LogP contribution in [-0.2, 0) is 12.7 Å². The Morgan fingerprint density at radius 3 is 2.40 bits per heavy atom. The summed E-state index contributed by atoms with van der Waals surface area (Å²) in [5, 5.41) is 0. The number of alkyl halides is 3. The maximum atomic E-state index is 14.1. The Kier molecular flexibility index (Phi) is 4.69. The molecule has 10 heteroatoms. The Balaban J connectivity index is 1.79. The quantitative estimate of drug-likeness (QED) is 0.482. The summed E-state index contributed by atoms with van der Waals surface area (Å²) in [7, 11) is 0. The molecule has 0 unspecified atom stereocenters. The minimum Gasteiger partial charge on any atom is -0.328 e. The second-order valence-corrected chi connectivity index (χ2v) is 6.41. The summed E-state index contributed by atoms with van der Waals surface area (Å²) in [6.07, 6.45) is -1.96. The van der Waals surface area contributed by atoms with Crippen LogP contribution >= 0.6 is 0 Å². The van der Waals surface area contributed by atoms with Crippen molar-refractivity contribution >= 4 is 0 Å². The molecule has 0 saturated carbocycles. The lowest BCUT2D eigenvalue weighted by Crippen LogP contribution is -2.37. The highest BCUT2D eigenvalue weighted by Crippen LogP contribution is 2.27. The maximum absolute atomic E-state index is 14.1. The van der Waals surface area contributed by atoms with Gasteiger partial charge in [-0.25, -0.2) is 13.8 Å². The molecule has 30 heavy (non-hydrogen) atoms. The molecule has 4 rings (SSSR count). The number of aromatic nitrogens is 4. The number of benzene rings is 1. The largest absolute Gasteiger partial charge is 0.433 e. The van der Waals surface area contributed by atoms with Crippen LogP contribution in [0, 0.1) is 5.82 Å². The first-order chi connectivity index (χ1) is 14.3. The van der Waals surface area contributed by atoms with Crippen molar-refractivity contribution < 1.29 is 17.6 Å². The maximum Gasteiger partial charge on any atom is 0.433 e. The van der Waals surface area contributed by atoms with E-state index >= 15 is 0 Å². The number of pyridine rings is 2. The van der Waals surface area contributed by atoms with E-state index in [0.29, 0.717) is 10.1 Å². The number of fused-ring (bicyclic) bond motifs is 1. The Labute approximate surface area is 166 Å². The zero-order chi connectivity index (χ0) is 21.5. The first-order valence-corrected chi connectivity index (χ1v) is 8.65. The Hall–Kier alpha value is -3.82. The first-order valence-electron chi connectivity index (χ1n) is 8.65. The van der Waals surface area contributed by atoms with E-state index in [-0.39, 0.29) is 23.6 Å². The minimum atomic E-state index is -4.55. The average Bonchev–Trinajstić information content (AvgIpc) is 2.70. The number of halogens is 4. The molecule has 1 aromatic carbocycles. The van der Waals surface area contributed by atoms with Gasteiger partial charge < -0.3 is 4.57 Å². The topological polar surface area (TPSA) is 69.8 Å². The van der Waals surface area contributed by atoms with Gasteiger partial charge in [-0.2, -0.15) is 18.2 Å². The van der Waals surface area contributed by atoms with Crippen LogP contribution in [-0.4, -0.2) is 19.1 Å². The van der Waals surface area contributed by atoms with Crippen molar-refractivity contribution in [3.8, 4) is 17.1 Å². The van der Waals surface area contributed by atoms with Crippen molar-refractivity contribution in [3.05, 3.63) is 98.8 Å². The van der Waals surface area contributed by atoms with Gasteiger partial charge >= 0.3 is 11.9 Å². The number of hydrogen-bond donors (Lipinski definition) is 0. The van der Waals surface area contributed by atoms with Gasteiger partial charge in [0.05, 0.1) is 17.8 Å². The molecular formula is C20H12F4N4O2. The van der Waals surface area contributed by atoms with Crippen molar-refractivity contribution in [1.29, 1.82) is 0 Å². The molecule has 6 nitrogen and oxygen atoms in total. The number of nitrogens with zero attached hydrogens (tertiary/aromatic N) is 4. The number of rotatable bonds is 3. The van der Waals surface area contributed by atoms with Crippen LogP contribution in [0.5, 0.6) is 0 Å². The summed E-state index contributed by atoms with van der Waals surface area (Å²) in [5.41, 5.74) is -2.50. The van der Waals surface area contributed by atoms with Crippen molar-refractivity contribution in [2.75, 3.05) is 0 Å². The van der Waals surface area contributed by atoms with Gasteiger partial charge in [0.15, 0.2) is 5.82 Å². The predicted octanol–water partition coefficient (Wildman–Crippen LogP) is 3.10. The molecular weight excluding hydrogens is 404 g/mol. The van der Waals surface area contributed by atoms with Gasteiger partial charge in [0, 0.05) is 12.4 Å². The molecule has 0 fully saturated rings. The highest BCUT2D eigenvalue weighted by Gasteiger charge is 2.32. The monoisotopic (exact) mass is 416 g/mol. The highest BCUT2D eigenvalue weighted by molar-refractivity contribution is 5.56. The van der Waals surface area contributed by atoms with E-state index in [1.807, 2.05) is 0 Å². The molecule has 2 aliphatic rings. The lowest BCUT2D eigenvalue weighted by atomic mass is 10.2. The molecule has 0 aliphatic carbocycles. The van der Waals surface area contributed by atoms with Gasteiger partial charge in [0.1, 0.15) is 11.5 Å². The van der Waals surface area contributed by atoms with Crippen LogP contribution in [0.2, 0.25) is 0 Å². The third-order valence-electron chi connectivity index (χ3n) is 4.43. The first kappa shape index (κ1) is 19.5. The van der Waals surface area contributed by atoms with E-state index in [4.69, 9.17) is 0 Å². The van der Waals surface area contributed by atoms with Crippen molar-refractivity contribution in [2.24, 2.45) is 0 Å². The molecule has 0 amide bonds.